The van der Waals surface area contributed by atoms with Gasteiger partial charge in [0.25, 0.3) is 5.91 Å². The predicted octanol–water partition coefficient (Wildman–Crippen LogP) is 0.954. The Bertz CT molecular complexity index is 728. The van der Waals surface area contributed by atoms with Crippen molar-refractivity contribution in [3.8, 4) is 11.5 Å². The molecule has 1 aromatic carbocycles. The van der Waals surface area contributed by atoms with E-state index in [1.165, 1.54) is 5.56 Å². The van der Waals surface area contributed by atoms with Crippen molar-refractivity contribution in [2.75, 3.05) is 6.79 Å². The molecule has 2 amide bonds. The van der Waals surface area contributed by atoms with Crippen LogP contribution in [0.4, 0.5) is 0 Å². The molecule has 0 bridgehead atoms. The lowest BCUT2D eigenvalue weighted by Gasteiger charge is -2.35. The first-order valence-corrected chi connectivity index (χ1v) is 7.69. The Morgan fingerprint density at radius 1 is 1.26 bits per heavy atom. The van der Waals surface area contributed by atoms with Gasteiger partial charge in [-0.05, 0) is 36.6 Å². The Labute approximate surface area is 133 Å². The number of fused-ring (bicyclic) bond motifs is 2. The number of hydrogen-bond acceptors (Lipinski definition) is 5. The van der Waals surface area contributed by atoms with Crippen LogP contribution in [0.2, 0.25) is 0 Å². The van der Waals surface area contributed by atoms with E-state index in [1.807, 2.05) is 19.1 Å². The van der Waals surface area contributed by atoms with Crippen LogP contribution in [0.3, 0.4) is 0 Å². The van der Waals surface area contributed by atoms with Gasteiger partial charge in [0.15, 0.2) is 11.5 Å². The number of hydrogen-bond donors (Lipinski definition) is 1. The van der Waals surface area contributed by atoms with Crippen LogP contribution in [0.1, 0.15) is 30.9 Å². The van der Waals surface area contributed by atoms with E-state index in [9.17, 15) is 9.59 Å². The second-order valence-corrected chi connectivity index (χ2v) is 6.05. The second kappa shape index (κ2) is 5.26. The third-order valence-corrected chi connectivity index (χ3v) is 4.50. The summed E-state index contributed by atoms with van der Waals surface area (Å²) in [5.74, 6) is 1.25. The summed E-state index contributed by atoms with van der Waals surface area (Å²) in [6.45, 7) is 2.78. The molecule has 0 saturated carbocycles. The molecule has 3 aliphatic heterocycles. The number of ether oxygens (including phenoxy) is 2. The highest BCUT2D eigenvalue weighted by Crippen LogP contribution is 2.37. The first-order valence-electron chi connectivity index (χ1n) is 7.69. The molecule has 1 N–H and O–H groups in total. The highest BCUT2D eigenvalue weighted by Gasteiger charge is 2.32. The van der Waals surface area contributed by atoms with Crippen molar-refractivity contribution in [1.29, 1.82) is 0 Å². The summed E-state index contributed by atoms with van der Waals surface area (Å²) in [5, 5.41) is 3.92. The summed E-state index contributed by atoms with van der Waals surface area (Å²) in [4.78, 5) is 25.7. The molecule has 3 heterocycles. The van der Waals surface area contributed by atoms with Crippen LogP contribution in [-0.2, 0) is 22.6 Å². The molecule has 0 aromatic heterocycles. The van der Waals surface area contributed by atoms with Crippen molar-refractivity contribution in [1.82, 2.24) is 10.3 Å². The summed E-state index contributed by atoms with van der Waals surface area (Å²) >= 11 is 0. The van der Waals surface area contributed by atoms with Crippen LogP contribution in [0, 0.1) is 0 Å². The molecule has 7 nitrogen and oxygen atoms in total. The van der Waals surface area contributed by atoms with Gasteiger partial charge in [0, 0.05) is 25.4 Å². The maximum absolute atomic E-state index is 12.7. The van der Waals surface area contributed by atoms with Gasteiger partial charge in [0.05, 0.1) is 0 Å². The average Bonchev–Trinajstić information content (AvgIpc) is 2.99. The van der Waals surface area contributed by atoms with Crippen molar-refractivity contribution in [2.45, 2.75) is 38.8 Å². The fraction of sp³-hybridized carbons (Fsp3) is 0.438. The quantitative estimate of drug-likeness (QED) is 0.837. The lowest BCUT2D eigenvalue weighted by Crippen LogP contribution is -2.47. The van der Waals surface area contributed by atoms with Gasteiger partial charge in [0.2, 0.25) is 12.7 Å². The summed E-state index contributed by atoms with van der Waals surface area (Å²) in [6.07, 6.45) is 1.46. The van der Waals surface area contributed by atoms with Crippen LogP contribution in [0.15, 0.2) is 17.2 Å². The van der Waals surface area contributed by atoms with Crippen LogP contribution in [0.5, 0.6) is 11.5 Å². The highest BCUT2D eigenvalue weighted by molar-refractivity contribution is 6.39. The Hall–Kier alpha value is -2.57. The summed E-state index contributed by atoms with van der Waals surface area (Å²) in [5.41, 5.74) is 5.06. The first-order chi connectivity index (χ1) is 11.1. The third-order valence-electron chi connectivity index (χ3n) is 4.50. The van der Waals surface area contributed by atoms with Gasteiger partial charge in [-0.2, -0.15) is 5.10 Å². The molecule has 23 heavy (non-hydrogen) atoms. The Morgan fingerprint density at radius 3 is 2.70 bits per heavy atom. The Balaban J connectivity index is 1.59. The van der Waals surface area contributed by atoms with Gasteiger partial charge in [-0.3, -0.25) is 9.59 Å². The van der Waals surface area contributed by atoms with Gasteiger partial charge < -0.3 is 14.4 Å². The minimum absolute atomic E-state index is 0.0655. The van der Waals surface area contributed by atoms with E-state index in [-0.39, 0.29) is 24.6 Å². The SMILES string of the molecule is CC1Cc2cc3c(cc2CN1C(=O)C1=NNC(=O)CC1)OCO3. The predicted molar refractivity (Wildman–Crippen MR) is 81.1 cm³/mol. The molecule has 0 spiro atoms. The molecule has 120 valence electrons. The van der Waals surface area contributed by atoms with Crippen molar-refractivity contribution in [2.24, 2.45) is 5.10 Å². The average molecular weight is 315 g/mol. The number of carbonyl (C=O) groups excluding carboxylic acids is 2. The smallest absolute Gasteiger partial charge is 0.270 e. The molecule has 1 aromatic rings. The molecule has 0 aliphatic carbocycles. The van der Waals surface area contributed by atoms with E-state index in [2.05, 4.69) is 10.5 Å². The number of rotatable bonds is 1. The number of nitrogens with zero attached hydrogens (tertiary/aromatic N) is 2. The number of amides is 2. The molecule has 0 saturated heterocycles. The van der Waals surface area contributed by atoms with Crippen LogP contribution in [-0.4, -0.2) is 35.3 Å². The van der Waals surface area contributed by atoms with Crippen LogP contribution < -0.4 is 14.9 Å². The van der Waals surface area contributed by atoms with Gasteiger partial charge in [-0.15, -0.1) is 0 Å². The fourth-order valence-corrected chi connectivity index (χ4v) is 3.20. The zero-order chi connectivity index (χ0) is 16.0. The molecule has 0 fully saturated rings. The van der Waals surface area contributed by atoms with E-state index < -0.39 is 0 Å². The fourth-order valence-electron chi connectivity index (χ4n) is 3.20. The van der Waals surface area contributed by atoms with Crippen LogP contribution >= 0.6 is 0 Å². The topological polar surface area (TPSA) is 80.2 Å². The standard InChI is InChI=1S/C16H17N3O4/c1-9-4-10-5-13-14(23-8-22-13)6-11(10)7-19(9)16(21)12-2-3-15(20)18-17-12/h5-6,9H,2-4,7-8H2,1H3,(H,18,20). The largest absolute Gasteiger partial charge is 0.454 e. The van der Waals surface area contributed by atoms with E-state index in [0.29, 0.717) is 25.1 Å². The van der Waals surface area contributed by atoms with Crippen LogP contribution in [0.25, 0.3) is 0 Å². The maximum atomic E-state index is 12.7. The van der Waals surface area contributed by atoms with E-state index >= 15 is 0 Å². The number of hydrazone groups is 1. The number of carbonyl (C=O) groups is 2. The summed E-state index contributed by atoms with van der Waals surface area (Å²) < 4.78 is 10.8. The molecule has 1 atom stereocenters. The van der Waals surface area contributed by atoms with E-state index in [4.69, 9.17) is 9.47 Å². The second-order valence-electron chi connectivity index (χ2n) is 6.05. The molecule has 4 rings (SSSR count). The Morgan fingerprint density at radius 2 is 2.00 bits per heavy atom. The Kier molecular flexibility index (Phi) is 3.21. The maximum Gasteiger partial charge on any atom is 0.270 e. The molecule has 7 heteroatoms. The minimum Gasteiger partial charge on any atom is -0.454 e. The molecule has 1 unspecified atom stereocenters. The third kappa shape index (κ3) is 2.42. The van der Waals surface area contributed by atoms with Crippen molar-refractivity contribution < 1.29 is 19.1 Å². The molecule has 3 aliphatic rings. The van der Waals surface area contributed by atoms with E-state index in [1.54, 1.807) is 4.90 Å². The van der Waals surface area contributed by atoms with Crippen molar-refractivity contribution >= 4 is 17.5 Å². The van der Waals surface area contributed by atoms with E-state index in [0.717, 1.165) is 23.5 Å². The first kappa shape index (κ1) is 14.0. The number of nitrogens with one attached hydrogen (secondary N) is 1. The highest BCUT2D eigenvalue weighted by atomic mass is 16.7. The van der Waals surface area contributed by atoms with Gasteiger partial charge in [0.1, 0.15) is 5.71 Å². The molecular formula is C16H17N3O4. The summed E-state index contributed by atoms with van der Waals surface area (Å²) in [6, 6.07) is 4.03. The van der Waals surface area contributed by atoms with Gasteiger partial charge >= 0.3 is 0 Å². The number of benzene rings is 1. The van der Waals surface area contributed by atoms with Gasteiger partial charge in [-0.1, -0.05) is 0 Å². The lowest BCUT2D eigenvalue weighted by molar-refractivity contribution is -0.127. The lowest BCUT2D eigenvalue weighted by atomic mass is 9.93. The monoisotopic (exact) mass is 315 g/mol. The summed E-state index contributed by atoms with van der Waals surface area (Å²) in [7, 11) is 0. The minimum atomic E-state index is -0.147. The zero-order valence-corrected chi connectivity index (χ0v) is 12.8. The van der Waals surface area contributed by atoms with Gasteiger partial charge in [-0.25, -0.2) is 5.43 Å². The molecular weight excluding hydrogens is 298 g/mol. The zero-order valence-electron chi connectivity index (χ0n) is 12.8. The van der Waals surface area contributed by atoms with Crippen molar-refractivity contribution in [3.63, 3.8) is 0 Å². The normalized spacial score (nSPS) is 22.3. The molecule has 0 radical (unpaired) electrons. The van der Waals surface area contributed by atoms with Crippen molar-refractivity contribution in [3.05, 3.63) is 23.3 Å².